The monoisotopic (exact) mass is 325 g/mol. The van der Waals surface area contributed by atoms with Gasteiger partial charge in [-0.25, -0.2) is 0 Å². The summed E-state index contributed by atoms with van der Waals surface area (Å²) < 4.78 is 1.82. The van der Waals surface area contributed by atoms with Crippen LogP contribution in [0.4, 0.5) is 5.69 Å². The van der Waals surface area contributed by atoms with Crippen molar-refractivity contribution in [1.82, 2.24) is 9.78 Å². The number of benzene rings is 1. The zero-order valence-electron chi connectivity index (χ0n) is 13.2. The minimum absolute atomic E-state index is 0.0722. The zero-order chi connectivity index (χ0) is 16.2. The second kappa shape index (κ2) is 6.79. The number of nitrogens with zero attached hydrogens (tertiary/aromatic N) is 2. The maximum absolute atomic E-state index is 12.3. The zero-order valence-corrected chi connectivity index (χ0v) is 14.1. The van der Waals surface area contributed by atoms with Crippen LogP contribution in [0.15, 0.2) is 48.8 Å². The van der Waals surface area contributed by atoms with Crippen LogP contribution in [0.3, 0.4) is 0 Å². The molecule has 0 spiro atoms. The molecule has 1 N–H and O–H groups in total. The number of rotatable bonds is 5. The molecule has 2 heterocycles. The second-order valence-corrected chi connectivity index (χ2v) is 6.57. The van der Waals surface area contributed by atoms with Crippen molar-refractivity contribution >= 4 is 22.9 Å². The van der Waals surface area contributed by atoms with Crippen LogP contribution in [0.2, 0.25) is 0 Å². The van der Waals surface area contributed by atoms with Crippen LogP contribution in [-0.2, 0) is 13.0 Å². The molecule has 0 aliphatic heterocycles. The molecule has 1 amide bonds. The highest BCUT2D eigenvalue weighted by atomic mass is 32.1. The van der Waals surface area contributed by atoms with Crippen molar-refractivity contribution < 1.29 is 4.79 Å². The van der Waals surface area contributed by atoms with E-state index in [1.165, 1.54) is 16.0 Å². The van der Waals surface area contributed by atoms with E-state index < -0.39 is 0 Å². The summed E-state index contributed by atoms with van der Waals surface area (Å²) in [7, 11) is 0. The van der Waals surface area contributed by atoms with Gasteiger partial charge >= 0.3 is 0 Å². The average Bonchev–Trinajstić information content (AvgIpc) is 3.14. The summed E-state index contributed by atoms with van der Waals surface area (Å²) in [5.74, 6) is -0.0722. The Labute approximate surface area is 139 Å². The summed E-state index contributed by atoms with van der Waals surface area (Å²) in [6.07, 6.45) is 4.49. The third-order valence-electron chi connectivity index (χ3n) is 3.64. The van der Waals surface area contributed by atoms with Crippen molar-refractivity contribution in [1.29, 1.82) is 0 Å². The van der Waals surface area contributed by atoms with Crippen LogP contribution in [0.1, 0.15) is 32.6 Å². The normalized spacial score (nSPS) is 10.7. The lowest BCUT2D eigenvalue weighted by Crippen LogP contribution is -2.09. The first kappa shape index (κ1) is 15.5. The first-order chi connectivity index (χ1) is 11.2. The van der Waals surface area contributed by atoms with Crippen LogP contribution in [-0.4, -0.2) is 15.7 Å². The van der Waals surface area contributed by atoms with E-state index in [4.69, 9.17) is 0 Å². The van der Waals surface area contributed by atoms with E-state index in [9.17, 15) is 4.79 Å². The molecule has 0 atom stereocenters. The van der Waals surface area contributed by atoms with Crippen LogP contribution < -0.4 is 5.32 Å². The molecule has 0 bridgehead atoms. The molecule has 0 aliphatic carbocycles. The summed E-state index contributed by atoms with van der Waals surface area (Å²) in [6, 6.07) is 12.1. The highest BCUT2D eigenvalue weighted by Crippen LogP contribution is 2.23. The molecular weight excluding hydrogens is 306 g/mol. The van der Waals surface area contributed by atoms with E-state index >= 15 is 0 Å². The number of aryl methyl sites for hydroxylation is 2. The number of anilines is 1. The molecule has 0 fully saturated rings. The molecule has 3 aromatic rings. The third kappa shape index (κ3) is 3.68. The number of carbonyl (C=O) groups excluding carboxylic acids is 1. The Hall–Kier alpha value is -2.40. The number of nitrogens with one attached hydrogen (secondary N) is 1. The predicted molar refractivity (Wildman–Crippen MR) is 94.2 cm³/mol. The third-order valence-corrected chi connectivity index (χ3v) is 5.02. The Balaban J connectivity index is 1.67. The number of aromatic nitrogens is 2. The molecule has 4 nitrogen and oxygen atoms in total. The fourth-order valence-electron chi connectivity index (χ4n) is 2.46. The molecule has 0 radical (unpaired) electrons. The molecule has 3 rings (SSSR count). The van der Waals surface area contributed by atoms with Gasteiger partial charge in [0, 0.05) is 11.1 Å². The number of amides is 1. The lowest BCUT2D eigenvalue weighted by atomic mass is 10.2. The van der Waals surface area contributed by atoms with E-state index in [0.717, 1.165) is 17.0 Å². The van der Waals surface area contributed by atoms with Crippen molar-refractivity contribution in [2.24, 2.45) is 0 Å². The van der Waals surface area contributed by atoms with Gasteiger partial charge in [-0.2, -0.15) is 5.10 Å². The minimum Gasteiger partial charge on any atom is -0.319 e. The summed E-state index contributed by atoms with van der Waals surface area (Å²) in [5, 5.41) is 7.22. The van der Waals surface area contributed by atoms with Crippen molar-refractivity contribution in [2.45, 2.75) is 26.8 Å². The maximum Gasteiger partial charge on any atom is 0.265 e. The number of thiophene rings is 1. The van der Waals surface area contributed by atoms with Crippen LogP contribution >= 0.6 is 11.3 Å². The number of hydrogen-bond acceptors (Lipinski definition) is 3. The van der Waals surface area contributed by atoms with Gasteiger partial charge in [0.2, 0.25) is 0 Å². The topological polar surface area (TPSA) is 46.9 Å². The van der Waals surface area contributed by atoms with Crippen LogP contribution in [0.5, 0.6) is 0 Å². The number of carbonyl (C=O) groups is 1. The van der Waals surface area contributed by atoms with Gasteiger partial charge in [0.15, 0.2) is 0 Å². The van der Waals surface area contributed by atoms with Gasteiger partial charge in [-0.3, -0.25) is 9.48 Å². The van der Waals surface area contributed by atoms with Crippen molar-refractivity contribution in [3.63, 3.8) is 0 Å². The summed E-state index contributed by atoms with van der Waals surface area (Å²) in [4.78, 5) is 14.3. The Bertz CT molecular complexity index is 805. The molecule has 0 saturated heterocycles. The fraction of sp³-hybridized carbons (Fsp3) is 0.222. The second-order valence-electron chi connectivity index (χ2n) is 5.44. The first-order valence-electron chi connectivity index (χ1n) is 7.62. The predicted octanol–water partition coefficient (Wildman–Crippen LogP) is 4.12. The van der Waals surface area contributed by atoms with Gasteiger partial charge in [-0.1, -0.05) is 37.3 Å². The quantitative estimate of drug-likeness (QED) is 0.767. The Morgan fingerprint density at radius 3 is 2.78 bits per heavy atom. The molecule has 0 saturated carbocycles. The molecule has 118 valence electrons. The molecule has 5 heteroatoms. The van der Waals surface area contributed by atoms with Gasteiger partial charge in [-0.15, -0.1) is 11.3 Å². The molecule has 0 aliphatic rings. The van der Waals surface area contributed by atoms with Gasteiger partial charge in [0.1, 0.15) is 0 Å². The largest absolute Gasteiger partial charge is 0.319 e. The van der Waals surface area contributed by atoms with Crippen molar-refractivity contribution in [3.05, 3.63) is 69.7 Å². The highest BCUT2D eigenvalue weighted by Gasteiger charge is 2.12. The molecule has 1 aromatic carbocycles. The van der Waals surface area contributed by atoms with E-state index in [-0.39, 0.29) is 5.91 Å². The summed E-state index contributed by atoms with van der Waals surface area (Å²) in [6.45, 7) is 4.84. The lowest BCUT2D eigenvalue weighted by molar-refractivity contribution is 0.103. The average molecular weight is 325 g/mol. The van der Waals surface area contributed by atoms with Crippen molar-refractivity contribution in [3.8, 4) is 0 Å². The summed E-state index contributed by atoms with van der Waals surface area (Å²) in [5.41, 5.74) is 3.08. The SMILES string of the molecule is CCc1sc(C(=O)Nc2cnn(Cc3ccccc3)c2)cc1C. The Kier molecular flexibility index (Phi) is 4.57. The number of hydrogen-bond donors (Lipinski definition) is 1. The molecule has 0 unspecified atom stereocenters. The van der Waals surface area contributed by atoms with Crippen LogP contribution in [0, 0.1) is 6.92 Å². The first-order valence-corrected chi connectivity index (χ1v) is 8.44. The molecule has 23 heavy (non-hydrogen) atoms. The van der Waals surface area contributed by atoms with E-state index in [1.807, 2.05) is 42.1 Å². The molecular formula is C18H19N3OS. The smallest absolute Gasteiger partial charge is 0.265 e. The van der Waals surface area contributed by atoms with E-state index in [1.54, 1.807) is 17.5 Å². The van der Waals surface area contributed by atoms with Gasteiger partial charge < -0.3 is 5.32 Å². The van der Waals surface area contributed by atoms with Gasteiger partial charge in [-0.05, 0) is 30.5 Å². The minimum atomic E-state index is -0.0722. The van der Waals surface area contributed by atoms with E-state index in [0.29, 0.717) is 6.54 Å². The maximum atomic E-state index is 12.3. The lowest BCUT2D eigenvalue weighted by Gasteiger charge is -2.01. The van der Waals surface area contributed by atoms with Gasteiger partial charge in [0.05, 0.1) is 23.3 Å². The molecule has 2 aromatic heterocycles. The van der Waals surface area contributed by atoms with Gasteiger partial charge in [0.25, 0.3) is 5.91 Å². The summed E-state index contributed by atoms with van der Waals surface area (Å²) >= 11 is 1.56. The Morgan fingerprint density at radius 1 is 1.30 bits per heavy atom. The highest BCUT2D eigenvalue weighted by molar-refractivity contribution is 7.14. The van der Waals surface area contributed by atoms with E-state index in [2.05, 4.69) is 29.5 Å². The van der Waals surface area contributed by atoms with Crippen molar-refractivity contribution in [2.75, 3.05) is 5.32 Å². The standard InChI is InChI=1S/C18H19N3OS/c1-3-16-13(2)9-17(23-16)18(22)20-15-10-19-21(12-15)11-14-7-5-4-6-8-14/h4-10,12H,3,11H2,1-2H3,(H,20,22). The van der Waals surface area contributed by atoms with Crippen LogP contribution in [0.25, 0.3) is 0 Å². The Morgan fingerprint density at radius 2 is 2.09 bits per heavy atom. The fourth-order valence-corrected chi connectivity index (χ4v) is 3.47.